The highest BCUT2D eigenvalue weighted by Gasteiger charge is 2.28. The van der Waals surface area contributed by atoms with E-state index in [1.54, 1.807) is 0 Å². The zero-order valence-corrected chi connectivity index (χ0v) is 36.6. The number of rotatable bonds is 43. The standard InChI is InChI=1S/C44H84NO10P/c1-3-5-7-9-11-13-15-17-18-19-20-21-22-23-24-26-27-29-31-33-35-42(46)52-37-40(38-53-56(50,51)54-39-41(45)44(48)49)55-43(47)36-34-32-30-28-25-16-14-12-10-8-6-4-2/h12,14,40-41H,3-11,13,15-39,45H2,1-2H3,(H,48,49)(H,50,51)/b14-12+/t40-,41+/m0/s1. The number of carboxylic acids is 1. The molecule has 0 aliphatic rings. The Morgan fingerprint density at radius 1 is 0.536 bits per heavy atom. The van der Waals surface area contributed by atoms with Gasteiger partial charge in [-0.05, 0) is 38.5 Å². The van der Waals surface area contributed by atoms with Gasteiger partial charge in [-0.15, -0.1) is 0 Å². The zero-order valence-electron chi connectivity index (χ0n) is 35.7. The Morgan fingerprint density at radius 3 is 1.34 bits per heavy atom. The fraction of sp³-hybridized carbons (Fsp3) is 0.886. The van der Waals surface area contributed by atoms with Crippen LogP contribution in [0.1, 0.15) is 219 Å². The lowest BCUT2D eigenvalue weighted by atomic mass is 10.0. The summed E-state index contributed by atoms with van der Waals surface area (Å²) in [5, 5.41) is 8.88. The Labute approximate surface area is 341 Å². The summed E-state index contributed by atoms with van der Waals surface area (Å²) in [5.41, 5.74) is 5.33. The molecule has 0 amide bonds. The first-order valence-corrected chi connectivity index (χ1v) is 24.2. The van der Waals surface area contributed by atoms with Crippen LogP contribution in [0.25, 0.3) is 0 Å². The van der Waals surface area contributed by atoms with Crippen LogP contribution in [-0.4, -0.2) is 59.9 Å². The normalized spacial score (nSPS) is 13.8. The minimum absolute atomic E-state index is 0.155. The number of carbonyl (C=O) groups excluding carboxylic acids is 2. The summed E-state index contributed by atoms with van der Waals surface area (Å²) in [4.78, 5) is 45.9. The molecule has 0 spiro atoms. The minimum Gasteiger partial charge on any atom is -0.480 e. The average molecular weight is 818 g/mol. The van der Waals surface area contributed by atoms with Crippen molar-refractivity contribution < 1.29 is 47.5 Å². The SMILES string of the molecule is CCCCC/C=C/CCCCCCCC(=O)O[C@@H](COC(=O)CCCCCCCCCCCCCCCCCCCCCC)COP(=O)(O)OC[C@@H](N)C(=O)O. The van der Waals surface area contributed by atoms with Crippen molar-refractivity contribution in [2.45, 2.75) is 231 Å². The molecule has 0 rings (SSSR count). The van der Waals surface area contributed by atoms with Crippen molar-refractivity contribution in [1.82, 2.24) is 0 Å². The summed E-state index contributed by atoms with van der Waals surface area (Å²) in [5.74, 6) is -2.38. The molecule has 0 radical (unpaired) electrons. The first-order chi connectivity index (χ1) is 27.1. The molecule has 0 aromatic rings. The summed E-state index contributed by atoms with van der Waals surface area (Å²) in [6.07, 6.45) is 40.0. The van der Waals surface area contributed by atoms with Crippen LogP contribution in [-0.2, 0) is 37.5 Å². The number of hydrogen-bond acceptors (Lipinski definition) is 9. The quantitative estimate of drug-likeness (QED) is 0.0231. The van der Waals surface area contributed by atoms with Crippen LogP contribution in [0.15, 0.2) is 12.2 Å². The van der Waals surface area contributed by atoms with Crippen molar-refractivity contribution >= 4 is 25.7 Å². The van der Waals surface area contributed by atoms with Crippen LogP contribution >= 0.6 is 7.82 Å². The Bertz CT molecular complexity index is 1010. The van der Waals surface area contributed by atoms with Gasteiger partial charge < -0.3 is 25.2 Å². The van der Waals surface area contributed by atoms with E-state index >= 15 is 0 Å². The summed E-state index contributed by atoms with van der Waals surface area (Å²) in [7, 11) is -4.71. The molecule has 56 heavy (non-hydrogen) atoms. The second-order valence-corrected chi connectivity index (χ2v) is 17.0. The second kappa shape index (κ2) is 40.0. The van der Waals surface area contributed by atoms with E-state index in [1.807, 2.05) is 0 Å². The van der Waals surface area contributed by atoms with Gasteiger partial charge in [-0.3, -0.25) is 23.4 Å². The number of allylic oxidation sites excluding steroid dienone is 2. The topological polar surface area (TPSA) is 172 Å². The van der Waals surface area contributed by atoms with E-state index in [0.717, 1.165) is 57.8 Å². The van der Waals surface area contributed by atoms with Crippen LogP contribution in [0.5, 0.6) is 0 Å². The highest BCUT2D eigenvalue weighted by atomic mass is 31.2. The van der Waals surface area contributed by atoms with Gasteiger partial charge >= 0.3 is 25.7 Å². The number of carbonyl (C=O) groups is 3. The first kappa shape index (κ1) is 54.2. The van der Waals surface area contributed by atoms with E-state index < -0.39 is 51.1 Å². The number of nitrogens with two attached hydrogens (primary N) is 1. The Hall–Kier alpha value is -1.78. The van der Waals surface area contributed by atoms with Gasteiger partial charge in [0.1, 0.15) is 12.6 Å². The maximum atomic E-state index is 12.6. The molecule has 0 aliphatic carbocycles. The van der Waals surface area contributed by atoms with E-state index in [2.05, 4.69) is 30.5 Å². The smallest absolute Gasteiger partial charge is 0.472 e. The van der Waals surface area contributed by atoms with E-state index in [0.29, 0.717) is 12.8 Å². The third-order valence-corrected chi connectivity index (χ3v) is 11.0. The summed E-state index contributed by atoms with van der Waals surface area (Å²) in [6, 6.07) is -1.52. The van der Waals surface area contributed by atoms with Crippen LogP contribution < -0.4 is 5.73 Å². The van der Waals surface area contributed by atoms with Crippen molar-refractivity contribution in [3.63, 3.8) is 0 Å². The summed E-state index contributed by atoms with van der Waals surface area (Å²) >= 11 is 0. The molecule has 11 nitrogen and oxygen atoms in total. The largest absolute Gasteiger partial charge is 0.480 e. The van der Waals surface area contributed by atoms with Gasteiger partial charge in [0, 0.05) is 12.8 Å². The number of phosphoric ester groups is 1. The average Bonchev–Trinajstić information content (AvgIpc) is 3.17. The molecule has 4 N–H and O–H groups in total. The number of carboxylic acid groups (broad SMARTS) is 1. The number of unbranched alkanes of at least 4 members (excludes halogenated alkanes) is 27. The molecular formula is C44H84NO10P. The number of ether oxygens (including phenoxy) is 2. The predicted molar refractivity (Wildman–Crippen MR) is 226 cm³/mol. The molecule has 0 heterocycles. The molecule has 0 aliphatic heterocycles. The second-order valence-electron chi connectivity index (χ2n) is 15.5. The molecule has 3 atom stereocenters. The van der Waals surface area contributed by atoms with Crippen molar-refractivity contribution in [2.75, 3.05) is 19.8 Å². The highest BCUT2D eigenvalue weighted by Crippen LogP contribution is 2.43. The van der Waals surface area contributed by atoms with Crippen LogP contribution in [0.4, 0.5) is 0 Å². The highest BCUT2D eigenvalue weighted by molar-refractivity contribution is 7.47. The Kier molecular flexibility index (Phi) is 38.7. The predicted octanol–water partition coefficient (Wildman–Crippen LogP) is 12.1. The van der Waals surface area contributed by atoms with E-state index in [-0.39, 0.29) is 19.4 Å². The van der Waals surface area contributed by atoms with E-state index in [9.17, 15) is 23.8 Å². The molecular weight excluding hydrogens is 733 g/mol. The minimum atomic E-state index is -4.71. The number of aliphatic carboxylic acids is 1. The number of hydrogen-bond donors (Lipinski definition) is 3. The monoisotopic (exact) mass is 818 g/mol. The molecule has 12 heteroatoms. The van der Waals surface area contributed by atoms with Crippen LogP contribution in [0.2, 0.25) is 0 Å². The lowest BCUT2D eigenvalue weighted by molar-refractivity contribution is -0.161. The van der Waals surface area contributed by atoms with Gasteiger partial charge in [0.05, 0.1) is 13.2 Å². The van der Waals surface area contributed by atoms with Gasteiger partial charge in [0.15, 0.2) is 6.10 Å². The molecule has 330 valence electrons. The van der Waals surface area contributed by atoms with Gasteiger partial charge in [-0.25, -0.2) is 4.57 Å². The lowest BCUT2D eigenvalue weighted by Crippen LogP contribution is -2.34. The third-order valence-electron chi connectivity index (χ3n) is 10.0. The Morgan fingerprint density at radius 2 is 0.893 bits per heavy atom. The van der Waals surface area contributed by atoms with Crippen LogP contribution in [0, 0.1) is 0 Å². The molecule has 1 unspecified atom stereocenters. The molecule has 0 aromatic carbocycles. The molecule has 0 fully saturated rings. The van der Waals surface area contributed by atoms with E-state index in [4.69, 9.17) is 24.8 Å². The lowest BCUT2D eigenvalue weighted by Gasteiger charge is -2.20. The molecule has 0 bridgehead atoms. The third kappa shape index (κ3) is 39.1. The van der Waals surface area contributed by atoms with E-state index in [1.165, 1.54) is 122 Å². The van der Waals surface area contributed by atoms with Gasteiger partial charge in [0.2, 0.25) is 0 Å². The molecule has 0 aromatic heterocycles. The molecule has 0 saturated carbocycles. The van der Waals surface area contributed by atoms with Crippen molar-refractivity contribution in [1.29, 1.82) is 0 Å². The maximum absolute atomic E-state index is 12.6. The van der Waals surface area contributed by atoms with Crippen LogP contribution in [0.3, 0.4) is 0 Å². The molecule has 0 saturated heterocycles. The zero-order chi connectivity index (χ0) is 41.4. The van der Waals surface area contributed by atoms with Crippen molar-refractivity contribution in [3.05, 3.63) is 12.2 Å². The van der Waals surface area contributed by atoms with Gasteiger partial charge in [0.25, 0.3) is 0 Å². The first-order valence-electron chi connectivity index (χ1n) is 22.7. The number of esters is 2. The van der Waals surface area contributed by atoms with Gasteiger partial charge in [-0.2, -0.15) is 0 Å². The number of phosphoric acid groups is 1. The fourth-order valence-corrected chi connectivity index (χ4v) is 7.19. The fourth-order valence-electron chi connectivity index (χ4n) is 6.41. The van der Waals surface area contributed by atoms with Gasteiger partial charge in [-0.1, -0.05) is 180 Å². The maximum Gasteiger partial charge on any atom is 0.472 e. The summed E-state index contributed by atoms with van der Waals surface area (Å²) in [6.45, 7) is 2.79. The van der Waals surface area contributed by atoms with Crippen molar-refractivity contribution in [3.8, 4) is 0 Å². The summed E-state index contributed by atoms with van der Waals surface area (Å²) < 4.78 is 32.7. The Balaban J connectivity index is 4.23. The van der Waals surface area contributed by atoms with Crippen molar-refractivity contribution in [2.24, 2.45) is 5.73 Å².